The number of carbonyl (C=O) groups is 1. The molecule has 5 heterocycles. The Labute approximate surface area is 194 Å². The molecule has 0 fully saturated rings. The molecule has 0 aliphatic carbocycles. The van der Waals surface area contributed by atoms with Crippen LogP contribution in [0.25, 0.3) is 11.2 Å². The number of hydrazone groups is 1. The molecule has 1 aliphatic heterocycles. The lowest BCUT2D eigenvalue weighted by Crippen LogP contribution is -2.38. The van der Waals surface area contributed by atoms with Gasteiger partial charge in [-0.15, -0.1) is 22.7 Å². The fourth-order valence-corrected chi connectivity index (χ4v) is 5.56. The first-order chi connectivity index (χ1) is 15.4. The van der Waals surface area contributed by atoms with Gasteiger partial charge < -0.3 is 0 Å². The van der Waals surface area contributed by atoms with Crippen LogP contribution in [0.2, 0.25) is 5.28 Å². The monoisotopic (exact) mass is 488 g/mol. The molecule has 0 spiro atoms. The molecule has 9 nitrogen and oxygen atoms in total. The van der Waals surface area contributed by atoms with Crippen molar-refractivity contribution in [1.82, 2.24) is 23.7 Å². The quantitative estimate of drug-likeness (QED) is 0.412. The zero-order valence-electron chi connectivity index (χ0n) is 17.1. The summed E-state index contributed by atoms with van der Waals surface area (Å²) >= 11 is 9.43. The number of halogens is 1. The predicted octanol–water partition coefficient (Wildman–Crippen LogP) is 2.59. The van der Waals surface area contributed by atoms with E-state index in [2.05, 4.69) is 10.1 Å². The number of aryl methyl sites for hydroxylation is 1. The Kier molecular flexibility index (Phi) is 5.11. The van der Waals surface area contributed by atoms with Crippen molar-refractivity contribution in [1.29, 1.82) is 0 Å². The second-order valence-electron chi connectivity index (χ2n) is 7.34. The van der Waals surface area contributed by atoms with Crippen LogP contribution in [0.3, 0.4) is 0 Å². The van der Waals surface area contributed by atoms with Crippen molar-refractivity contribution in [3.8, 4) is 0 Å². The summed E-state index contributed by atoms with van der Waals surface area (Å²) in [5.41, 5.74) is -0.00392. The zero-order chi connectivity index (χ0) is 22.6. The molecule has 1 amide bonds. The Morgan fingerprint density at radius 3 is 2.59 bits per heavy atom. The number of nitrogens with zero attached hydrogens (tertiary/aromatic N) is 6. The molecule has 0 bridgehead atoms. The molecule has 4 aromatic rings. The molecule has 1 aliphatic rings. The third-order valence-corrected chi connectivity index (χ3v) is 7.62. The molecule has 0 saturated carbocycles. The van der Waals surface area contributed by atoms with E-state index in [1.807, 2.05) is 35.0 Å². The maximum absolute atomic E-state index is 13.4. The standard InChI is InChI=1S/C20H17ClN6O3S2/c1-24-17-16(18(29)25(2)20(24)30)26(19(21)22-17)10-15(28)27-12(14-6-4-8-32-14)9-11(23-27)13-5-3-7-31-13/h3-8,12H,9-10H2,1-2H3. The Balaban J connectivity index is 1.56. The highest BCUT2D eigenvalue weighted by Gasteiger charge is 2.34. The molecule has 12 heteroatoms. The first-order valence-electron chi connectivity index (χ1n) is 9.65. The molecule has 1 unspecified atom stereocenters. The smallest absolute Gasteiger partial charge is 0.299 e. The summed E-state index contributed by atoms with van der Waals surface area (Å²) < 4.78 is 3.55. The van der Waals surface area contributed by atoms with Gasteiger partial charge in [0.15, 0.2) is 11.2 Å². The number of hydrogen-bond acceptors (Lipinski definition) is 7. The molecule has 0 N–H and O–H groups in total. The fraction of sp³-hybridized carbons (Fsp3) is 0.250. The maximum atomic E-state index is 13.4. The van der Waals surface area contributed by atoms with E-state index in [9.17, 15) is 14.4 Å². The van der Waals surface area contributed by atoms with Gasteiger partial charge in [-0.25, -0.2) is 9.80 Å². The molecule has 0 radical (unpaired) electrons. The summed E-state index contributed by atoms with van der Waals surface area (Å²) in [7, 11) is 2.88. The number of amides is 1. The Hall–Kier alpha value is -3.02. The Bertz CT molecular complexity index is 1480. The molecule has 5 rings (SSSR count). The summed E-state index contributed by atoms with van der Waals surface area (Å²) in [5, 5.41) is 9.99. The number of carbonyl (C=O) groups excluding carboxylic acids is 1. The third-order valence-electron chi connectivity index (χ3n) is 5.44. The van der Waals surface area contributed by atoms with Crippen LogP contribution in [0, 0.1) is 0 Å². The van der Waals surface area contributed by atoms with Gasteiger partial charge in [-0.05, 0) is 34.5 Å². The van der Waals surface area contributed by atoms with Crippen LogP contribution in [0.15, 0.2) is 49.7 Å². The van der Waals surface area contributed by atoms with Crippen molar-refractivity contribution in [2.75, 3.05) is 0 Å². The van der Waals surface area contributed by atoms with Crippen molar-refractivity contribution in [2.24, 2.45) is 19.2 Å². The molecule has 0 saturated heterocycles. The molecule has 164 valence electrons. The van der Waals surface area contributed by atoms with Gasteiger partial charge in [0.25, 0.3) is 11.5 Å². The van der Waals surface area contributed by atoms with E-state index in [1.165, 1.54) is 28.2 Å². The van der Waals surface area contributed by atoms with Gasteiger partial charge in [0.1, 0.15) is 6.54 Å². The van der Waals surface area contributed by atoms with E-state index in [0.29, 0.717) is 6.42 Å². The first-order valence-corrected chi connectivity index (χ1v) is 11.8. The predicted molar refractivity (Wildman–Crippen MR) is 125 cm³/mol. The van der Waals surface area contributed by atoms with Crippen LogP contribution in [-0.4, -0.2) is 35.3 Å². The van der Waals surface area contributed by atoms with E-state index in [4.69, 9.17) is 11.6 Å². The summed E-state index contributed by atoms with van der Waals surface area (Å²) in [4.78, 5) is 44.6. The number of imidazole rings is 1. The highest BCUT2D eigenvalue weighted by Crippen LogP contribution is 2.36. The van der Waals surface area contributed by atoms with Crippen molar-refractivity contribution < 1.29 is 4.79 Å². The molecule has 0 aromatic carbocycles. The zero-order valence-corrected chi connectivity index (χ0v) is 19.4. The molecule has 32 heavy (non-hydrogen) atoms. The van der Waals surface area contributed by atoms with E-state index in [1.54, 1.807) is 22.7 Å². The van der Waals surface area contributed by atoms with Gasteiger partial charge in [0.2, 0.25) is 5.28 Å². The lowest BCUT2D eigenvalue weighted by Gasteiger charge is -2.21. The lowest BCUT2D eigenvalue weighted by atomic mass is 10.1. The van der Waals surface area contributed by atoms with Crippen molar-refractivity contribution in [3.05, 3.63) is 70.9 Å². The Morgan fingerprint density at radius 1 is 1.16 bits per heavy atom. The number of hydrogen-bond donors (Lipinski definition) is 0. The van der Waals surface area contributed by atoms with Crippen LogP contribution in [-0.2, 0) is 25.4 Å². The largest absolute Gasteiger partial charge is 0.332 e. The van der Waals surface area contributed by atoms with Crippen LogP contribution in [0.4, 0.5) is 0 Å². The first kappa shape index (κ1) is 20.9. The van der Waals surface area contributed by atoms with Gasteiger partial charge in [-0.2, -0.15) is 10.1 Å². The van der Waals surface area contributed by atoms with E-state index < -0.39 is 11.2 Å². The highest BCUT2D eigenvalue weighted by atomic mass is 35.5. The second kappa shape index (κ2) is 7.84. The molecular weight excluding hydrogens is 472 g/mol. The van der Waals surface area contributed by atoms with Gasteiger partial charge >= 0.3 is 5.69 Å². The third kappa shape index (κ3) is 3.24. The number of fused-ring (bicyclic) bond motifs is 1. The minimum Gasteiger partial charge on any atom is -0.299 e. The number of thiophene rings is 2. The molecule has 1 atom stereocenters. The summed E-state index contributed by atoms with van der Waals surface area (Å²) in [5.74, 6) is -0.327. The highest BCUT2D eigenvalue weighted by molar-refractivity contribution is 7.12. The fourth-order valence-electron chi connectivity index (χ4n) is 3.81. The number of aromatic nitrogens is 4. The molecule has 4 aromatic heterocycles. The number of rotatable bonds is 4. The van der Waals surface area contributed by atoms with Crippen molar-refractivity contribution >= 4 is 57.1 Å². The van der Waals surface area contributed by atoms with Crippen molar-refractivity contribution in [2.45, 2.75) is 19.0 Å². The topological polar surface area (TPSA) is 94.5 Å². The summed E-state index contributed by atoms with van der Waals surface area (Å²) in [6.07, 6.45) is 0.599. The van der Waals surface area contributed by atoms with E-state index in [-0.39, 0.29) is 34.9 Å². The Morgan fingerprint density at radius 2 is 1.91 bits per heavy atom. The van der Waals surface area contributed by atoms with Crippen molar-refractivity contribution in [3.63, 3.8) is 0 Å². The lowest BCUT2D eigenvalue weighted by molar-refractivity contribution is -0.133. The maximum Gasteiger partial charge on any atom is 0.332 e. The average Bonchev–Trinajstić information content (AvgIpc) is 3.57. The van der Waals surface area contributed by atoms with Crippen LogP contribution >= 0.6 is 34.3 Å². The minimum absolute atomic E-state index is 0.0408. The molecular formula is C20H17ClN6O3S2. The van der Waals surface area contributed by atoms with Gasteiger partial charge in [-0.1, -0.05) is 12.1 Å². The summed E-state index contributed by atoms with van der Waals surface area (Å²) in [6, 6.07) is 7.61. The minimum atomic E-state index is -0.561. The van der Waals surface area contributed by atoms with E-state index in [0.717, 1.165) is 20.0 Å². The van der Waals surface area contributed by atoms with Crippen LogP contribution in [0.1, 0.15) is 22.2 Å². The van der Waals surface area contributed by atoms with Crippen LogP contribution in [0.5, 0.6) is 0 Å². The average molecular weight is 489 g/mol. The second-order valence-corrected chi connectivity index (χ2v) is 9.61. The van der Waals surface area contributed by atoms with Crippen LogP contribution < -0.4 is 11.2 Å². The van der Waals surface area contributed by atoms with Gasteiger partial charge in [0, 0.05) is 25.4 Å². The summed E-state index contributed by atoms with van der Waals surface area (Å²) in [6.45, 7) is -0.230. The normalized spacial score (nSPS) is 16.2. The SMILES string of the molecule is Cn1c(=O)c2c(nc(Cl)n2CC(=O)N2N=C(c3cccs3)CC2c2cccs2)n(C)c1=O. The van der Waals surface area contributed by atoms with E-state index >= 15 is 0 Å². The van der Waals surface area contributed by atoms with Gasteiger partial charge in [0.05, 0.1) is 16.6 Å². The van der Waals surface area contributed by atoms with Gasteiger partial charge in [-0.3, -0.25) is 23.3 Å².